The second-order valence-electron chi connectivity index (χ2n) is 4.42. The molecule has 0 aliphatic rings. The summed E-state index contributed by atoms with van der Waals surface area (Å²) in [5.41, 5.74) is 1.14. The Morgan fingerprint density at radius 1 is 1.45 bits per heavy atom. The first-order valence-corrected chi connectivity index (χ1v) is 6.13. The molecular formula is C14H14F2N2O2. The zero-order chi connectivity index (χ0) is 14.9. The summed E-state index contributed by atoms with van der Waals surface area (Å²) in [6.45, 7) is 4.01. The van der Waals surface area contributed by atoms with Crippen LogP contribution in [0.4, 0.5) is 8.78 Å². The van der Waals surface area contributed by atoms with Gasteiger partial charge in [0, 0.05) is 18.3 Å². The lowest BCUT2D eigenvalue weighted by atomic mass is 10.00. The van der Waals surface area contributed by atoms with Crippen LogP contribution in [-0.2, 0) is 6.54 Å². The zero-order valence-electron chi connectivity index (χ0n) is 11.1. The molecule has 0 fully saturated rings. The largest absolute Gasteiger partial charge is 0.478 e. The number of carbonyl (C=O) groups is 1. The first kappa shape index (κ1) is 14.2. The maximum Gasteiger partial charge on any atom is 0.335 e. The van der Waals surface area contributed by atoms with Gasteiger partial charge in [0.15, 0.2) is 0 Å². The number of carboxylic acids is 1. The molecule has 106 valence electrons. The molecule has 0 unspecified atom stereocenters. The van der Waals surface area contributed by atoms with Crippen molar-refractivity contribution < 1.29 is 18.7 Å². The van der Waals surface area contributed by atoms with Crippen molar-refractivity contribution in [3.63, 3.8) is 0 Å². The van der Waals surface area contributed by atoms with Crippen molar-refractivity contribution in [3.05, 3.63) is 41.1 Å². The maximum atomic E-state index is 13.1. The van der Waals surface area contributed by atoms with E-state index in [1.807, 2.05) is 0 Å². The average molecular weight is 280 g/mol. The number of nitrogens with zero attached hydrogens (tertiary/aromatic N) is 2. The molecule has 0 bridgehead atoms. The molecule has 1 aromatic heterocycles. The van der Waals surface area contributed by atoms with Crippen LogP contribution >= 0.6 is 0 Å². The van der Waals surface area contributed by atoms with Crippen LogP contribution in [-0.4, -0.2) is 20.9 Å². The molecule has 0 radical (unpaired) electrons. The van der Waals surface area contributed by atoms with Gasteiger partial charge in [0.2, 0.25) is 0 Å². The number of aromatic carboxylic acids is 1. The molecule has 0 spiro atoms. The number of rotatable bonds is 4. The standard InChI is InChI=1S/C14H14F2N2O2/c1-3-18-7-11(13(15)16)12(17-18)10-6-9(14(19)20)5-4-8(10)2/h4-7,13H,3H2,1-2H3,(H,19,20). The van der Waals surface area contributed by atoms with E-state index in [2.05, 4.69) is 5.10 Å². The number of aryl methyl sites for hydroxylation is 2. The van der Waals surface area contributed by atoms with Gasteiger partial charge in [-0.25, -0.2) is 13.6 Å². The fraction of sp³-hybridized carbons (Fsp3) is 0.286. The van der Waals surface area contributed by atoms with Crippen LogP contribution < -0.4 is 0 Å². The van der Waals surface area contributed by atoms with Crippen molar-refractivity contribution in [2.45, 2.75) is 26.8 Å². The molecule has 20 heavy (non-hydrogen) atoms. The zero-order valence-corrected chi connectivity index (χ0v) is 11.1. The average Bonchev–Trinajstić information content (AvgIpc) is 2.83. The van der Waals surface area contributed by atoms with Gasteiger partial charge in [-0.1, -0.05) is 6.07 Å². The third kappa shape index (κ3) is 2.54. The summed E-state index contributed by atoms with van der Waals surface area (Å²) in [4.78, 5) is 11.0. The highest BCUT2D eigenvalue weighted by atomic mass is 19.3. The number of carboxylic acid groups (broad SMARTS) is 1. The van der Waals surface area contributed by atoms with E-state index in [9.17, 15) is 13.6 Å². The maximum absolute atomic E-state index is 13.1. The van der Waals surface area contributed by atoms with E-state index < -0.39 is 12.4 Å². The Morgan fingerprint density at radius 3 is 2.70 bits per heavy atom. The Bertz CT molecular complexity index is 651. The number of aromatic nitrogens is 2. The molecule has 0 aliphatic heterocycles. The molecule has 2 aromatic rings. The fourth-order valence-corrected chi connectivity index (χ4v) is 1.98. The highest BCUT2D eigenvalue weighted by Crippen LogP contribution is 2.32. The van der Waals surface area contributed by atoms with Crippen LogP contribution in [0.3, 0.4) is 0 Å². The summed E-state index contributed by atoms with van der Waals surface area (Å²) < 4.78 is 27.6. The molecular weight excluding hydrogens is 266 g/mol. The molecule has 1 N–H and O–H groups in total. The van der Waals surface area contributed by atoms with Crippen LogP contribution in [0.2, 0.25) is 0 Å². The van der Waals surface area contributed by atoms with E-state index in [4.69, 9.17) is 5.11 Å². The van der Waals surface area contributed by atoms with Crippen LogP contribution in [0.15, 0.2) is 24.4 Å². The Morgan fingerprint density at radius 2 is 2.15 bits per heavy atom. The minimum Gasteiger partial charge on any atom is -0.478 e. The van der Waals surface area contributed by atoms with Gasteiger partial charge in [0.25, 0.3) is 6.43 Å². The summed E-state index contributed by atoms with van der Waals surface area (Å²) in [6, 6.07) is 4.42. The Kier molecular flexibility index (Phi) is 3.83. The van der Waals surface area contributed by atoms with E-state index in [0.717, 1.165) is 0 Å². The molecule has 1 aromatic carbocycles. The number of hydrogen-bond acceptors (Lipinski definition) is 2. The third-order valence-electron chi connectivity index (χ3n) is 3.09. The van der Waals surface area contributed by atoms with Crippen molar-refractivity contribution in [2.75, 3.05) is 0 Å². The molecule has 0 amide bonds. The molecule has 1 heterocycles. The monoisotopic (exact) mass is 280 g/mol. The lowest BCUT2D eigenvalue weighted by Gasteiger charge is -2.06. The van der Waals surface area contributed by atoms with Gasteiger partial charge in [-0.15, -0.1) is 0 Å². The molecule has 0 aliphatic carbocycles. The van der Waals surface area contributed by atoms with Gasteiger partial charge in [-0.05, 0) is 31.5 Å². The quantitative estimate of drug-likeness (QED) is 0.932. The SMILES string of the molecule is CCn1cc(C(F)F)c(-c2cc(C(=O)O)ccc2C)n1. The van der Waals surface area contributed by atoms with Crippen LogP contribution in [0.5, 0.6) is 0 Å². The summed E-state index contributed by atoms with van der Waals surface area (Å²) in [5, 5.41) is 13.1. The number of alkyl halides is 2. The lowest BCUT2D eigenvalue weighted by Crippen LogP contribution is -1.99. The van der Waals surface area contributed by atoms with Crippen molar-refractivity contribution in [1.82, 2.24) is 9.78 Å². The first-order valence-electron chi connectivity index (χ1n) is 6.13. The van der Waals surface area contributed by atoms with Crippen molar-refractivity contribution >= 4 is 5.97 Å². The van der Waals surface area contributed by atoms with Gasteiger partial charge >= 0.3 is 5.97 Å². The Hall–Kier alpha value is -2.24. The lowest BCUT2D eigenvalue weighted by molar-refractivity contribution is 0.0697. The fourth-order valence-electron chi connectivity index (χ4n) is 1.98. The van der Waals surface area contributed by atoms with Gasteiger partial charge < -0.3 is 5.11 Å². The molecule has 0 saturated carbocycles. The van der Waals surface area contributed by atoms with E-state index in [1.165, 1.54) is 23.0 Å². The molecule has 0 saturated heterocycles. The summed E-state index contributed by atoms with van der Waals surface area (Å²) >= 11 is 0. The number of halogens is 2. The van der Waals surface area contributed by atoms with Gasteiger partial charge in [-0.2, -0.15) is 5.10 Å². The second-order valence-corrected chi connectivity index (χ2v) is 4.42. The minimum atomic E-state index is -2.65. The van der Waals surface area contributed by atoms with Crippen LogP contribution in [0, 0.1) is 6.92 Å². The molecule has 0 atom stereocenters. The van der Waals surface area contributed by atoms with Crippen molar-refractivity contribution in [2.24, 2.45) is 0 Å². The van der Waals surface area contributed by atoms with Crippen molar-refractivity contribution in [3.8, 4) is 11.3 Å². The van der Waals surface area contributed by atoms with Crippen LogP contribution in [0.1, 0.15) is 34.8 Å². The molecule has 6 heteroatoms. The number of hydrogen-bond donors (Lipinski definition) is 1. The Labute approximate surface area is 114 Å². The smallest absolute Gasteiger partial charge is 0.335 e. The molecule has 2 rings (SSSR count). The first-order chi connectivity index (χ1) is 9.43. The highest BCUT2D eigenvalue weighted by molar-refractivity contribution is 5.89. The normalized spacial score (nSPS) is 11.1. The van der Waals surface area contributed by atoms with E-state index in [0.29, 0.717) is 17.7 Å². The third-order valence-corrected chi connectivity index (χ3v) is 3.09. The second kappa shape index (κ2) is 5.40. The van der Waals surface area contributed by atoms with Gasteiger partial charge in [-0.3, -0.25) is 4.68 Å². The van der Waals surface area contributed by atoms with Gasteiger partial charge in [0.1, 0.15) is 5.69 Å². The number of benzene rings is 1. The van der Waals surface area contributed by atoms with E-state index >= 15 is 0 Å². The van der Waals surface area contributed by atoms with Crippen molar-refractivity contribution in [1.29, 1.82) is 0 Å². The topological polar surface area (TPSA) is 55.1 Å². The van der Waals surface area contributed by atoms with E-state index in [1.54, 1.807) is 19.9 Å². The van der Waals surface area contributed by atoms with Crippen LogP contribution in [0.25, 0.3) is 11.3 Å². The summed E-state index contributed by atoms with van der Waals surface area (Å²) in [5.74, 6) is -1.10. The van der Waals surface area contributed by atoms with Gasteiger partial charge in [0.05, 0.1) is 11.1 Å². The summed E-state index contributed by atoms with van der Waals surface area (Å²) in [6.07, 6.45) is -1.36. The predicted octanol–water partition coefficient (Wildman–Crippen LogP) is 3.51. The highest BCUT2D eigenvalue weighted by Gasteiger charge is 2.21. The molecule has 4 nitrogen and oxygen atoms in total. The predicted molar refractivity (Wildman–Crippen MR) is 70.0 cm³/mol. The minimum absolute atomic E-state index is 0.0527. The summed E-state index contributed by atoms with van der Waals surface area (Å²) in [7, 11) is 0. The Balaban J connectivity index is 2.63. The van der Waals surface area contributed by atoms with E-state index in [-0.39, 0.29) is 16.8 Å².